The summed E-state index contributed by atoms with van der Waals surface area (Å²) in [6, 6.07) is 66.6. The molecule has 0 N–H and O–H groups in total. The van der Waals surface area contributed by atoms with Gasteiger partial charge in [-0.15, -0.1) is 35.7 Å². The molecule has 12 rings (SSSR count). The third-order valence-corrected chi connectivity index (χ3v) is 15.0. The van der Waals surface area contributed by atoms with Crippen LogP contribution in [-0.4, -0.2) is 14.1 Å². The van der Waals surface area contributed by atoms with Gasteiger partial charge in [-0.05, 0) is 135 Å². The number of benzene rings is 8. The van der Waals surface area contributed by atoms with E-state index in [1.807, 2.05) is 38.2 Å². The third-order valence-electron chi connectivity index (χ3n) is 15.0. The van der Waals surface area contributed by atoms with Crippen molar-refractivity contribution in [3.8, 4) is 28.4 Å². The van der Waals surface area contributed by atoms with Gasteiger partial charge in [0.2, 0.25) is 0 Å². The molecule has 0 aliphatic carbocycles. The van der Waals surface area contributed by atoms with Gasteiger partial charge in [0.1, 0.15) is 5.82 Å². The second-order valence-corrected chi connectivity index (χ2v) is 23.4. The molecule has 0 fully saturated rings. The smallest absolute Gasteiger partial charge is 0.135 e. The summed E-state index contributed by atoms with van der Waals surface area (Å²) in [7, 11) is 0. The van der Waals surface area contributed by atoms with Gasteiger partial charge in [0.05, 0.1) is 0 Å². The minimum atomic E-state index is -0.813. The zero-order valence-corrected chi connectivity index (χ0v) is 47.0. The quantitative estimate of drug-likeness (QED) is 0.156. The van der Waals surface area contributed by atoms with Crippen molar-refractivity contribution in [1.82, 2.24) is 14.1 Å². The van der Waals surface area contributed by atoms with Gasteiger partial charge in [0, 0.05) is 51.3 Å². The van der Waals surface area contributed by atoms with Crippen molar-refractivity contribution in [3.05, 3.63) is 211 Å². The maximum Gasteiger partial charge on any atom is 0.135 e. The molecule has 0 atom stereocenters. The van der Waals surface area contributed by atoms with Crippen molar-refractivity contribution >= 4 is 76.5 Å². The Kier molecular flexibility index (Phi) is 12.0. The summed E-state index contributed by atoms with van der Waals surface area (Å²) < 4.78 is 20.8. The SMILES string of the molecule is [2H]C(C)(C)c1cc(-c2cccc3c4ccccc4c4ccc(C(C)(C)C)cc4c4cccc5c4n(c23)[CH-]N5c2[c-]c(Oc3[c-]c4c(cc3)c3ccccc3n4-c3cc(C(C)(C)C)ccn3)ccc2)cc(C(C)(C)C)c1.[Pt]. The fourth-order valence-corrected chi connectivity index (χ4v) is 10.9. The number of aromatic nitrogens is 3. The molecular formula is C69H63N4OPt-3. The number of hydrogen-bond acceptors (Lipinski definition) is 3. The van der Waals surface area contributed by atoms with Crippen LogP contribution in [0.2, 0.25) is 0 Å². The Bertz CT molecular complexity index is 4160. The van der Waals surface area contributed by atoms with E-state index in [1.54, 1.807) is 0 Å². The van der Waals surface area contributed by atoms with Gasteiger partial charge in [-0.1, -0.05) is 197 Å². The minimum Gasteiger partial charge on any atom is -0.509 e. The van der Waals surface area contributed by atoms with Crippen LogP contribution < -0.4 is 9.64 Å². The Balaban J connectivity index is 0.00000616. The molecule has 0 radical (unpaired) electrons. The Morgan fingerprint density at radius 3 is 1.88 bits per heavy atom. The molecule has 0 unspecified atom stereocenters. The normalized spacial score (nSPS) is 13.2. The van der Waals surface area contributed by atoms with E-state index in [0.717, 1.165) is 82.9 Å². The number of rotatable bonds is 6. The maximum atomic E-state index is 9.32. The van der Waals surface area contributed by atoms with Crippen molar-refractivity contribution in [3.63, 3.8) is 0 Å². The summed E-state index contributed by atoms with van der Waals surface area (Å²) >= 11 is 0. The molecule has 0 bridgehead atoms. The Labute approximate surface area is 457 Å². The van der Waals surface area contributed by atoms with Gasteiger partial charge in [-0.2, -0.15) is 12.1 Å². The van der Waals surface area contributed by atoms with E-state index in [9.17, 15) is 1.37 Å². The summed E-state index contributed by atoms with van der Waals surface area (Å²) in [4.78, 5) is 7.16. The Morgan fingerprint density at radius 1 is 0.533 bits per heavy atom. The van der Waals surface area contributed by atoms with Crippen LogP contribution >= 0.6 is 0 Å². The third kappa shape index (κ3) is 8.73. The van der Waals surface area contributed by atoms with E-state index in [1.165, 1.54) is 32.8 Å². The average molecular weight is 1160 g/mol. The largest absolute Gasteiger partial charge is 0.509 e. The number of anilines is 2. The van der Waals surface area contributed by atoms with Crippen molar-refractivity contribution < 1.29 is 27.2 Å². The Morgan fingerprint density at radius 2 is 1.15 bits per heavy atom. The van der Waals surface area contributed by atoms with E-state index < -0.39 is 5.89 Å². The second-order valence-electron chi connectivity index (χ2n) is 23.4. The topological polar surface area (TPSA) is 35.2 Å². The van der Waals surface area contributed by atoms with Crippen molar-refractivity contribution in [2.24, 2.45) is 0 Å². The van der Waals surface area contributed by atoms with Gasteiger partial charge < -0.3 is 18.8 Å². The Hall–Kier alpha value is -7.33. The van der Waals surface area contributed by atoms with Crippen molar-refractivity contribution in [1.29, 1.82) is 0 Å². The standard InChI is InChI=1S/C69H63N4O.Pt/c1-43(2)44-35-45(37-48(36-44)69(9,10)11)52-24-17-25-58-54-22-13-12-21-53(54)55-31-29-46(67(3,4)5)38-60(55)59-26-18-28-62-66(59)72(65(52)58)42-71(62)49-19-16-20-50(40-49)74-51-30-32-57-56-23-14-15-27-61(56)73(63(57)41-51)64-39-47(33-34-70-64)68(6,7)8;/h12-39,42-43H,1-11H3;/q-3;/i43D;. The number of ether oxygens (including phenoxy) is 1. The van der Waals surface area contributed by atoms with E-state index in [2.05, 4.69) is 241 Å². The van der Waals surface area contributed by atoms with Crippen LogP contribution in [0.5, 0.6) is 11.5 Å². The molecule has 0 saturated carbocycles. The number of fused-ring (bicyclic) bond motifs is 10. The molecule has 8 aromatic carbocycles. The zero-order valence-electron chi connectivity index (χ0n) is 45.8. The molecule has 11 aromatic rings. The van der Waals surface area contributed by atoms with Gasteiger partial charge in [0.25, 0.3) is 0 Å². The van der Waals surface area contributed by atoms with E-state index in [0.29, 0.717) is 11.5 Å². The first kappa shape index (κ1) is 48.6. The predicted molar refractivity (Wildman–Crippen MR) is 312 cm³/mol. The van der Waals surface area contributed by atoms with Crippen molar-refractivity contribution in [2.45, 2.75) is 98.3 Å². The van der Waals surface area contributed by atoms with E-state index >= 15 is 0 Å². The molecule has 1 aliphatic rings. The minimum absolute atomic E-state index is 0. The van der Waals surface area contributed by atoms with Gasteiger partial charge in [0.15, 0.2) is 0 Å². The van der Waals surface area contributed by atoms with Crippen LogP contribution in [0.3, 0.4) is 0 Å². The number of pyridine rings is 1. The molecule has 5 nitrogen and oxygen atoms in total. The van der Waals surface area contributed by atoms with Gasteiger partial charge >= 0.3 is 0 Å². The van der Waals surface area contributed by atoms with Gasteiger partial charge in [-0.25, -0.2) is 4.98 Å². The summed E-state index contributed by atoms with van der Waals surface area (Å²) in [5.41, 5.74) is 12.5. The molecular weight excluding hydrogens is 1100 g/mol. The number of nitrogens with zero attached hydrogens (tertiary/aromatic N) is 4. The summed E-state index contributed by atoms with van der Waals surface area (Å²) in [6.45, 7) is 26.6. The maximum absolute atomic E-state index is 9.32. The molecule has 75 heavy (non-hydrogen) atoms. The summed E-state index contributed by atoms with van der Waals surface area (Å²) in [6.07, 6.45) is 1.90. The average Bonchev–Trinajstić information content (AvgIpc) is 3.96. The molecule has 0 saturated heterocycles. The summed E-state index contributed by atoms with van der Waals surface area (Å²) in [5.74, 6) is 1.19. The van der Waals surface area contributed by atoms with Crippen LogP contribution in [0.25, 0.3) is 82.1 Å². The van der Waals surface area contributed by atoms with Gasteiger partial charge in [-0.3, -0.25) is 0 Å². The van der Waals surface area contributed by atoms with Crippen LogP contribution in [0, 0.1) is 18.8 Å². The monoisotopic (exact) mass is 1160 g/mol. The molecule has 0 amide bonds. The molecule has 4 heterocycles. The van der Waals surface area contributed by atoms with Crippen LogP contribution in [-0.2, 0) is 37.3 Å². The molecule has 378 valence electrons. The number of para-hydroxylation sites is 3. The number of hydrogen-bond donors (Lipinski definition) is 0. The van der Waals surface area contributed by atoms with E-state index in [4.69, 9.17) is 9.72 Å². The van der Waals surface area contributed by atoms with Crippen molar-refractivity contribution in [2.75, 3.05) is 4.90 Å². The predicted octanol–water partition coefficient (Wildman–Crippen LogP) is 18.9. The van der Waals surface area contributed by atoms with Crippen LogP contribution in [0.15, 0.2) is 170 Å². The fourth-order valence-electron chi connectivity index (χ4n) is 10.9. The first-order valence-electron chi connectivity index (χ1n) is 26.4. The van der Waals surface area contributed by atoms with Crippen LogP contribution in [0.4, 0.5) is 11.4 Å². The first-order valence-corrected chi connectivity index (χ1v) is 25.9. The van der Waals surface area contributed by atoms with Crippen LogP contribution in [0.1, 0.15) is 106 Å². The zero-order chi connectivity index (χ0) is 52.3. The molecule has 1 aliphatic heterocycles. The fraction of sp³-hybridized carbons (Fsp3) is 0.217. The molecule has 6 heteroatoms. The molecule has 0 spiro atoms. The summed E-state index contributed by atoms with van der Waals surface area (Å²) in [5, 5.41) is 9.16. The van der Waals surface area contributed by atoms with E-state index in [-0.39, 0.29) is 37.3 Å². The first-order chi connectivity index (χ1) is 35.7. The molecule has 3 aromatic heterocycles. The second kappa shape index (κ2) is 18.5.